The normalized spacial score (nSPS) is 17.4. The number of carbonyl (C=O) groups excluding carboxylic acids is 2. The molecule has 2 amide bonds. The van der Waals surface area contributed by atoms with E-state index in [1.54, 1.807) is 0 Å². The van der Waals surface area contributed by atoms with Crippen LogP contribution in [0.25, 0.3) is 0 Å². The number of nitrogens with zero attached hydrogens (tertiary/aromatic N) is 2. The molecule has 0 saturated carbocycles. The van der Waals surface area contributed by atoms with Gasteiger partial charge in [-0.2, -0.15) is 0 Å². The minimum absolute atomic E-state index is 0.0366. The van der Waals surface area contributed by atoms with Crippen molar-refractivity contribution in [3.05, 3.63) is 65.7 Å². The molecule has 2 N–H and O–H groups in total. The summed E-state index contributed by atoms with van der Waals surface area (Å²) in [5.41, 5.74) is 8.56. The Bertz CT molecular complexity index is 791. The van der Waals surface area contributed by atoms with Crippen LogP contribution in [-0.4, -0.2) is 36.3 Å². The maximum Gasteiger partial charge on any atom is 0.241 e. The number of benzene rings is 2. The minimum Gasteiger partial charge on any atom is -0.369 e. The Hall–Kier alpha value is -2.66. The molecule has 5 heteroatoms. The number of nitrogens with two attached hydrogens (primary N) is 1. The van der Waals surface area contributed by atoms with Crippen LogP contribution < -0.4 is 10.6 Å². The zero-order valence-corrected chi connectivity index (χ0v) is 15.8. The molecule has 27 heavy (non-hydrogen) atoms. The Balaban J connectivity index is 1.77. The topological polar surface area (TPSA) is 66.6 Å². The van der Waals surface area contributed by atoms with Gasteiger partial charge in [-0.25, -0.2) is 0 Å². The third-order valence-electron chi connectivity index (χ3n) is 5.06. The van der Waals surface area contributed by atoms with Crippen molar-refractivity contribution in [1.82, 2.24) is 4.90 Å². The average molecular weight is 365 g/mol. The van der Waals surface area contributed by atoms with Crippen molar-refractivity contribution in [3.63, 3.8) is 0 Å². The largest absolute Gasteiger partial charge is 0.369 e. The SMILES string of the molecule is Cc1cccc(N(Cc2ccccc2)C(=O)CN2CCCC(C(N)=O)C2)c1. The lowest BCUT2D eigenvalue weighted by Crippen LogP contribution is -2.46. The van der Waals surface area contributed by atoms with E-state index in [0.29, 0.717) is 19.6 Å². The summed E-state index contributed by atoms with van der Waals surface area (Å²) in [6.07, 6.45) is 1.70. The highest BCUT2D eigenvalue weighted by Gasteiger charge is 2.27. The van der Waals surface area contributed by atoms with Gasteiger partial charge in [-0.15, -0.1) is 0 Å². The number of carbonyl (C=O) groups is 2. The van der Waals surface area contributed by atoms with E-state index in [1.165, 1.54) is 0 Å². The van der Waals surface area contributed by atoms with E-state index in [2.05, 4.69) is 4.90 Å². The summed E-state index contributed by atoms with van der Waals surface area (Å²) in [4.78, 5) is 28.6. The molecule has 0 spiro atoms. The van der Waals surface area contributed by atoms with Crippen molar-refractivity contribution >= 4 is 17.5 Å². The summed E-state index contributed by atoms with van der Waals surface area (Å²) in [5.74, 6) is -0.394. The Labute approximate surface area is 160 Å². The predicted octanol–water partition coefficient (Wildman–Crippen LogP) is 2.73. The van der Waals surface area contributed by atoms with Crippen LogP contribution in [0.4, 0.5) is 5.69 Å². The van der Waals surface area contributed by atoms with Gasteiger partial charge >= 0.3 is 0 Å². The summed E-state index contributed by atoms with van der Waals surface area (Å²) < 4.78 is 0. The highest BCUT2D eigenvalue weighted by molar-refractivity contribution is 5.94. The minimum atomic E-state index is -0.271. The first kappa shape index (κ1) is 19.1. The van der Waals surface area contributed by atoms with Gasteiger partial charge in [0.05, 0.1) is 19.0 Å². The molecule has 142 valence electrons. The van der Waals surface area contributed by atoms with Crippen LogP contribution in [0.5, 0.6) is 0 Å². The molecule has 1 heterocycles. The number of anilines is 1. The van der Waals surface area contributed by atoms with Crippen molar-refractivity contribution < 1.29 is 9.59 Å². The molecule has 5 nitrogen and oxygen atoms in total. The molecular weight excluding hydrogens is 338 g/mol. The van der Waals surface area contributed by atoms with Gasteiger partial charge in [0, 0.05) is 12.2 Å². The van der Waals surface area contributed by atoms with Gasteiger partial charge in [-0.3, -0.25) is 14.5 Å². The maximum absolute atomic E-state index is 13.2. The molecule has 0 aliphatic carbocycles. The summed E-state index contributed by atoms with van der Waals surface area (Å²) in [6.45, 7) is 4.23. The molecule has 2 aromatic rings. The van der Waals surface area contributed by atoms with Crippen LogP contribution >= 0.6 is 0 Å². The quantitative estimate of drug-likeness (QED) is 0.856. The average Bonchev–Trinajstić information content (AvgIpc) is 2.67. The van der Waals surface area contributed by atoms with Crippen LogP contribution in [0.3, 0.4) is 0 Å². The van der Waals surface area contributed by atoms with Crippen molar-refractivity contribution in [2.24, 2.45) is 11.7 Å². The van der Waals surface area contributed by atoms with E-state index < -0.39 is 0 Å². The zero-order valence-electron chi connectivity index (χ0n) is 15.8. The Morgan fingerprint density at radius 3 is 2.63 bits per heavy atom. The fourth-order valence-electron chi connectivity index (χ4n) is 3.59. The van der Waals surface area contributed by atoms with E-state index in [0.717, 1.165) is 36.2 Å². The highest BCUT2D eigenvalue weighted by atomic mass is 16.2. The molecule has 0 radical (unpaired) electrons. The van der Waals surface area contributed by atoms with E-state index >= 15 is 0 Å². The fraction of sp³-hybridized carbons (Fsp3) is 0.364. The third-order valence-corrected chi connectivity index (χ3v) is 5.06. The van der Waals surface area contributed by atoms with Crippen molar-refractivity contribution in [1.29, 1.82) is 0 Å². The molecule has 1 aliphatic heterocycles. The monoisotopic (exact) mass is 365 g/mol. The maximum atomic E-state index is 13.2. The molecule has 0 aromatic heterocycles. The summed E-state index contributed by atoms with van der Waals surface area (Å²) in [5, 5.41) is 0. The number of hydrogen-bond acceptors (Lipinski definition) is 3. The predicted molar refractivity (Wildman–Crippen MR) is 107 cm³/mol. The molecule has 1 fully saturated rings. The van der Waals surface area contributed by atoms with Crippen LogP contribution in [0, 0.1) is 12.8 Å². The zero-order chi connectivity index (χ0) is 19.2. The highest BCUT2D eigenvalue weighted by Crippen LogP contribution is 2.21. The van der Waals surface area contributed by atoms with Crippen LogP contribution in [-0.2, 0) is 16.1 Å². The molecule has 3 rings (SSSR count). The van der Waals surface area contributed by atoms with Gasteiger partial charge in [-0.05, 0) is 49.6 Å². The van der Waals surface area contributed by atoms with Gasteiger partial charge in [0.1, 0.15) is 0 Å². The van der Waals surface area contributed by atoms with Crippen molar-refractivity contribution in [3.8, 4) is 0 Å². The number of piperidine rings is 1. The lowest BCUT2D eigenvalue weighted by Gasteiger charge is -2.32. The second kappa shape index (κ2) is 8.82. The van der Waals surface area contributed by atoms with Crippen molar-refractivity contribution in [2.75, 3.05) is 24.5 Å². The smallest absolute Gasteiger partial charge is 0.241 e. The van der Waals surface area contributed by atoms with Crippen molar-refractivity contribution in [2.45, 2.75) is 26.3 Å². The van der Waals surface area contributed by atoms with Gasteiger partial charge in [0.2, 0.25) is 11.8 Å². The molecule has 1 unspecified atom stereocenters. The molecular formula is C22H27N3O2. The van der Waals surface area contributed by atoms with Crippen LogP contribution in [0.2, 0.25) is 0 Å². The molecule has 1 aliphatic rings. The number of likely N-dealkylation sites (tertiary alicyclic amines) is 1. The third kappa shape index (κ3) is 5.17. The second-order valence-electron chi connectivity index (χ2n) is 7.28. The number of primary amides is 1. The van der Waals surface area contributed by atoms with Crippen LogP contribution in [0.1, 0.15) is 24.0 Å². The summed E-state index contributed by atoms with van der Waals surface area (Å²) in [7, 11) is 0. The number of amides is 2. The van der Waals surface area contributed by atoms with E-state index in [9.17, 15) is 9.59 Å². The Kier molecular flexibility index (Phi) is 6.24. The number of rotatable bonds is 6. The summed E-state index contributed by atoms with van der Waals surface area (Å²) in [6, 6.07) is 18.0. The van der Waals surface area contributed by atoms with E-state index in [1.807, 2.05) is 66.4 Å². The first-order valence-electron chi connectivity index (χ1n) is 9.45. The number of aryl methyl sites for hydroxylation is 1. The molecule has 0 bridgehead atoms. The van der Waals surface area contributed by atoms with Gasteiger partial charge in [0.15, 0.2) is 0 Å². The first-order valence-corrected chi connectivity index (χ1v) is 9.45. The van der Waals surface area contributed by atoms with Gasteiger partial charge in [0.25, 0.3) is 0 Å². The molecule has 2 aromatic carbocycles. The second-order valence-corrected chi connectivity index (χ2v) is 7.28. The van der Waals surface area contributed by atoms with E-state index in [-0.39, 0.29) is 17.7 Å². The van der Waals surface area contributed by atoms with Crippen LogP contribution in [0.15, 0.2) is 54.6 Å². The Morgan fingerprint density at radius 1 is 1.15 bits per heavy atom. The standard InChI is InChI=1S/C22H27N3O2/c1-17-7-5-11-20(13-17)25(14-18-8-3-2-4-9-18)21(26)16-24-12-6-10-19(15-24)22(23)27/h2-5,7-9,11,13,19H,6,10,12,14-16H2,1H3,(H2,23,27). The van der Waals surface area contributed by atoms with E-state index in [4.69, 9.17) is 5.73 Å². The van der Waals surface area contributed by atoms with Gasteiger partial charge in [-0.1, -0.05) is 42.5 Å². The fourth-order valence-corrected chi connectivity index (χ4v) is 3.59. The lowest BCUT2D eigenvalue weighted by molar-refractivity contribution is -0.125. The Morgan fingerprint density at radius 2 is 1.93 bits per heavy atom. The molecule has 1 atom stereocenters. The summed E-state index contributed by atoms with van der Waals surface area (Å²) >= 11 is 0. The molecule has 1 saturated heterocycles. The number of hydrogen-bond donors (Lipinski definition) is 1. The van der Waals surface area contributed by atoms with Gasteiger partial charge < -0.3 is 10.6 Å². The first-order chi connectivity index (χ1) is 13.0. The lowest BCUT2D eigenvalue weighted by atomic mass is 9.97.